The molecule has 7 rings (SSSR count). The third-order valence-corrected chi connectivity index (χ3v) is 7.89. The first kappa shape index (κ1) is 18.5. The molecule has 3 aliphatic rings. The summed E-state index contributed by atoms with van der Waals surface area (Å²) in [6, 6.07) is 33.9. The van der Waals surface area contributed by atoms with Crippen LogP contribution in [0.15, 0.2) is 106 Å². The summed E-state index contributed by atoms with van der Waals surface area (Å²) in [5.41, 5.74) is 6.93. The molecule has 0 amide bonds. The van der Waals surface area contributed by atoms with Gasteiger partial charge in [-0.2, -0.15) is 4.57 Å². The lowest BCUT2D eigenvalue weighted by molar-refractivity contribution is -0.732. The van der Waals surface area contributed by atoms with Gasteiger partial charge in [-0.3, -0.25) is 0 Å². The lowest BCUT2D eigenvalue weighted by atomic mass is 9.53. The highest BCUT2D eigenvalue weighted by molar-refractivity contribution is 9.10. The normalized spacial score (nSPS) is 20.5. The van der Waals surface area contributed by atoms with E-state index in [1.165, 1.54) is 27.9 Å². The van der Waals surface area contributed by atoms with E-state index in [4.69, 9.17) is 0 Å². The standard InChI is InChI=1S/C27H20Br2N/c28-20-9-5-7-18(15-20)27(19-8-6-10-21(29)16-19)17-25-22-11-1-2-12-23(22)26(27)24-13-3-4-14-30(24)25/h1-16,25-26H,17H2/q+1/t25-,26+/m1/s1. The predicted octanol–water partition coefficient (Wildman–Crippen LogP) is 6.92. The van der Waals surface area contributed by atoms with Crippen LogP contribution in [-0.2, 0) is 5.41 Å². The van der Waals surface area contributed by atoms with E-state index in [0.717, 1.165) is 15.4 Å². The summed E-state index contributed by atoms with van der Waals surface area (Å²) in [6.45, 7) is 0. The van der Waals surface area contributed by atoms with Crippen molar-refractivity contribution in [2.45, 2.75) is 23.8 Å². The number of rotatable bonds is 2. The Kier molecular flexibility index (Phi) is 4.26. The Morgan fingerprint density at radius 1 is 0.700 bits per heavy atom. The monoisotopic (exact) mass is 516 g/mol. The molecule has 1 nitrogen and oxygen atoms in total. The van der Waals surface area contributed by atoms with Gasteiger partial charge in [0, 0.05) is 38.5 Å². The van der Waals surface area contributed by atoms with Gasteiger partial charge in [0.25, 0.3) is 0 Å². The fraction of sp³-hybridized carbons (Fsp3) is 0.148. The molecular weight excluding hydrogens is 498 g/mol. The van der Waals surface area contributed by atoms with Crippen molar-refractivity contribution in [3.05, 3.63) is 134 Å². The molecule has 3 heteroatoms. The van der Waals surface area contributed by atoms with Crippen LogP contribution in [0, 0.1) is 0 Å². The molecule has 1 aliphatic carbocycles. The summed E-state index contributed by atoms with van der Waals surface area (Å²) >= 11 is 7.48. The maximum Gasteiger partial charge on any atom is 0.190 e. The fourth-order valence-electron chi connectivity index (χ4n) is 5.80. The molecular formula is C27H20Br2N+. The zero-order valence-corrected chi connectivity index (χ0v) is 19.5. The minimum absolute atomic E-state index is 0.131. The average Bonchev–Trinajstić information content (AvgIpc) is 2.79. The van der Waals surface area contributed by atoms with E-state index in [2.05, 4.69) is 134 Å². The van der Waals surface area contributed by atoms with Crippen molar-refractivity contribution in [2.24, 2.45) is 0 Å². The number of fused-ring (bicyclic) bond motifs is 1. The Hall–Kier alpha value is -2.23. The highest BCUT2D eigenvalue weighted by atomic mass is 79.9. The Morgan fingerprint density at radius 2 is 1.33 bits per heavy atom. The second kappa shape index (κ2) is 6.90. The van der Waals surface area contributed by atoms with E-state index in [9.17, 15) is 0 Å². The summed E-state index contributed by atoms with van der Waals surface area (Å²) in [5.74, 6) is 0.253. The lowest BCUT2D eigenvalue weighted by Gasteiger charge is -2.50. The molecule has 0 radical (unpaired) electrons. The maximum atomic E-state index is 3.74. The smallest absolute Gasteiger partial charge is 0.190 e. The van der Waals surface area contributed by atoms with Gasteiger partial charge in [-0.15, -0.1) is 0 Å². The molecule has 2 bridgehead atoms. The molecule has 0 unspecified atom stereocenters. The van der Waals surface area contributed by atoms with Crippen molar-refractivity contribution in [1.82, 2.24) is 0 Å². The number of halogens is 2. The zero-order valence-electron chi connectivity index (χ0n) is 16.3. The fourth-order valence-corrected chi connectivity index (χ4v) is 6.60. The van der Waals surface area contributed by atoms with Crippen molar-refractivity contribution in [3.8, 4) is 0 Å². The first-order chi connectivity index (χ1) is 14.7. The van der Waals surface area contributed by atoms with Crippen LogP contribution in [0.25, 0.3) is 0 Å². The Labute approximate surface area is 193 Å². The average molecular weight is 518 g/mol. The summed E-state index contributed by atoms with van der Waals surface area (Å²) in [7, 11) is 0. The predicted molar refractivity (Wildman–Crippen MR) is 127 cm³/mol. The van der Waals surface area contributed by atoms with Crippen molar-refractivity contribution >= 4 is 31.9 Å². The Balaban J connectivity index is 1.73. The van der Waals surface area contributed by atoms with Gasteiger partial charge >= 0.3 is 0 Å². The van der Waals surface area contributed by atoms with Crippen LogP contribution >= 0.6 is 31.9 Å². The van der Waals surface area contributed by atoms with Gasteiger partial charge < -0.3 is 0 Å². The largest absolute Gasteiger partial charge is 0.195 e. The van der Waals surface area contributed by atoms with Gasteiger partial charge in [-0.05, 0) is 41.0 Å². The summed E-state index contributed by atoms with van der Waals surface area (Å²) in [6.07, 6.45) is 3.30. The van der Waals surface area contributed by atoms with Gasteiger partial charge in [0.2, 0.25) is 0 Å². The minimum Gasteiger partial charge on any atom is -0.195 e. The summed E-state index contributed by atoms with van der Waals surface area (Å²) < 4.78 is 4.76. The molecule has 2 aliphatic heterocycles. The topological polar surface area (TPSA) is 3.88 Å². The van der Waals surface area contributed by atoms with E-state index >= 15 is 0 Å². The molecule has 0 saturated carbocycles. The van der Waals surface area contributed by atoms with Crippen LogP contribution in [-0.4, -0.2) is 0 Å². The number of aromatic nitrogens is 1. The highest BCUT2D eigenvalue weighted by Crippen LogP contribution is 2.59. The molecule has 0 fully saturated rings. The highest BCUT2D eigenvalue weighted by Gasteiger charge is 2.59. The van der Waals surface area contributed by atoms with Crippen LogP contribution in [0.1, 0.15) is 46.3 Å². The van der Waals surface area contributed by atoms with Crippen LogP contribution in [0.2, 0.25) is 0 Å². The minimum atomic E-state index is -0.131. The molecule has 2 atom stereocenters. The molecule has 146 valence electrons. The van der Waals surface area contributed by atoms with Crippen molar-refractivity contribution in [3.63, 3.8) is 0 Å². The van der Waals surface area contributed by atoms with Crippen molar-refractivity contribution in [1.29, 1.82) is 0 Å². The zero-order chi connectivity index (χ0) is 20.3. The van der Waals surface area contributed by atoms with E-state index in [1.807, 2.05) is 0 Å². The lowest BCUT2D eigenvalue weighted by Crippen LogP contribution is -2.60. The number of nitrogens with zero attached hydrogens (tertiary/aromatic N) is 1. The van der Waals surface area contributed by atoms with Gasteiger partial charge in [0.1, 0.15) is 0 Å². The second-order valence-electron chi connectivity index (χ2n) is 8.31. The first-order valence-corrected chi connectivity index (χ1v) is 11.9. The third kappa shape index (κ3) is 2.55. The molecule has 1 aromatic heterocycles. The van der Waals surface area contributed by atoms with Crippen molar-refractivity contribution in [2.75, 3.05) is 0 Å². The van der Waals surface area contributed by atoms with Crippen LogP contribution in [0.4, 0.5) is 0 Å². The molecule has 30 heavy (non-hydrogen) atoms. The molecule has 0 spiro atoms. The summed E-state index contributed by atoms with van der Waals surface area (Å²) in [5, 5.41) is 0. The van der Waals surface area contributed by atoms with Crippen molar-refractivity contribution < 1.29 is 4.57 Å². The van der Waals surface area contributed by atoms with E-state index < -0.39 is 0 Å². The third-order valence-electron chi connectivity index (χ3n) is 6.91. The van der Waals surface area contributed by atoms with Gasteiger partial charge in [0.05, 0.1) is 5.92 Å². The maximum absolute atomic E-state index is 3.74. The van der Waals surface area contributed by atoms with Crippen LogP contribution in [0.5, 0.6) is 0 Å². The van der Waals surface area contributed by atoms with Crippen LogP contribution < -0.4 is 4.57 Å². The van der Waals surface area contributed by atoms with Gasteiger partial charge in [-0.25, -0.2) is 0 Å². The van der Waals surface area contributed by atoms with Crippen LogP contribution in [0.3, 0.4) is 0 Å². The first-order valence-electron chi connectivity index (χ1n) is 10.3. The number of hydrogen-bond acceptors (Lipinski definition) is 0. The van der Waals surface area contributed by atoms with Gasteiger partial charge in [-0.1, -0.05) is 86.5 Å². The van der Waals surface area contributed by atoms with E-state index in [0.29, 0.717) is 6.04 Å². The number of benzene rings is 3. The second-order valence-corrected chi connectivity index (χ2v) is 10.1. The molecule has 3 heterocycles. The van der Waals surface area contributed by atoms with Gasteiger partial charge in [0.15, 0.2) is 17.9 Å². The molecule has 4 aromatic rings. The summed E-state index contributed by atoms with van der Waals surface area (Å²) in [4.78, 5) is 0. The number of pyridine rings is 1. The molecule has 0 N–H and O–H groups in total. The SMILES string of the molecule is Brc1cccc(C2(c3cccc(Br)c3)C[C@@H]3c4ccccc4[C@H]2c2cccc[n+]23)c1. The Bertz CT molecular complexity index is 1190. The Morgan fingerprint density at radius 3 is 2.00 bits per heavy atom. The van der Waals surface area contributed by atoms with E-state index in [-0.39, 0.29) is 11.3 Å². The quantitative estimate of drug-likeness (QED) is 0.254. The number of hydrogen-bond donors (Lipinski definition) is 0. The van der Waals surface area contributed by atoms with E-state index in [1.54, 1.807) is 0 Å². The molecule has 3 aromatic carbocycles. The molecule has 0 saturated heterocycles.